The van der Waals surface area contributed by atoms with E-state index in [0.29, 0.717) is 24.5 Å². The van der Waals surface area contributed by atoms with Gasteiger partial charge in [-0.1, -0.05) is 12.1 Å². The number of hydrogen-bond acceptors (Lipinski definition) is 5. The molecule has 3 rings (SSSR count). The third kappa shape index (κ3) is 5.48. The fourth-order valence-electron chi connectivity index (χ4n) is 3.46. The van der Waals surface area contributed by atoms with Crippen LogP contribution in [0.1, 0.15) is 30.2 Å². The highest BCUT2D eigenvalue weighted by Gasteiger charge is 2.28. The quantitative estimate of drug-likeness (QED) is 0.640. The minimum Gasteiger partial charge on any atom is -0.379 e. The number of rotatable bonds is 7. The van der Waals surface area contributed by atoms with Gasteiger partial charge in [0.2, 0.25) is 15.9 Å². The van der Waals surface area contributed by atoms with Crippen molar-refractivity contribution < 1.29 is 26.7 Å². The predicted molar refractivity (Wildman–Crippen MR) is 121 cm³/mol. The van der Waals surface area contributed by atoms with E-state index < -0.39 is 38.1 Å². The van der Waals surface area contributed by atoms with Crippen LogP contribution in [-0.4, -0.2) is 50.2 Å². The molecule has 0 aliphatic carbocycles. The van der Waals surface area contributed by atoms with E-state index in [1.54, 1.807) is 32.9 Å². The van der Waals surface area contributed by atoms with E-state index in [1.807, 2.05) is 0 Å². The van der Waals surface area contributed by atoms with Crippen LogP contribution in [0.5, 0.6) is 0 Å². The van der Waals surface area contributed by atoms with Crippen molar-refractivity contribution in [3.63, 3.8) is 0 Å². The van der Waals surface area contributed by atoms with Gasteiger partial charge in [-0.2, -0.15) is 4.31 Å². The summed E-state index contributed by atoms with van der Waals surface area (Å²) in [7, 11) is -3.72. The minimum absolute atomic E-state index is 0.0774. The fourth-order valence-corrected chi connectivity index (χ4v) is 6.28. The lowest BCUT2D eigenvalue weighted by molar-refractivity contribution is -0.115. The minimum atomic E-state index is -3.72. The summed E-state index contributed by atoms with van der Waals surface area (Å²) in [5.74, 6) is -1.71. The molecule has 0 saturated carbocycles. The first-order valence-corrected chi connectivity index (χ1v) is 12.6. The van der Waals surface area contributed by atoms with E-state index in [-0.39, 0.29) is 23.5 Å². The number of sulfonamides is 1. The average molecular weight is 485 g/mol. The Hall–Kier alpha value is -2.01. The zero-order valence-corrected chi connectivity index (χ0v) is 19.7. The highest BCUT2D eigenvalue weighted by Crippen LogP contribution is 2.35. The number of hydrogen-bond donors (Lipinski definition) is 1. The number of ether oxygens (including phenoxy) is 1. The molecule has 0 spiro atoms. The lowest BCUT2D eigenvalue weighted by Gasteiger charge is -2.27. The molecule has 1 heterocycles. The van der Waals surface area contributed by atoms with Crippen LogP contribution in [-0.2, 0) is 19.6 Å². The summed E-state index contributed by atoms with van der Waals surface area (Å²) in [4.78, 5) is 12.8. The molecular weight excluding hydrogens is 458 g/mol. The van der Waals surface area contributed by atoms with Crippen LogP contribution in [0.25, 0.3) is 0 Å². The van der Waals surface area contributed by atoms with Crippen molar-refractivity contribution in [2.45, 2.75) is 36.2 Å². The van der Waals surface area contributed by atoms with E-state index in [4.69, 9.17) is 4.74 Å². The second kappa shape index (κ2) is 10.3. The number of aryl methyl sites for hydroxylation is 1. The Morgan fingerprint density at radius 1 is 1.12 bits per heavy atom. The molecule has 1 saturated heterocycles. The Kier molecular flexibility index (Phi) is 7.92. The topological polar surface area (TPSA) is 75.7 Å². The highest BCUT2D eigenvalue weighted by molar-refractivity contribution is 8.00. The Morgan fingerprint density at radius 3 is 2.38 bits per heavy atom. The fraction of sp³-hybridized carbons (Fsp3) is 0.409. The molecule has 174 valence electrons. The van der Waals surface area contributed by atoms with Gasteiger partial charge in [0, 0.05) is 29.6 Å². The van der Waals surface area contributed by atoms with Crippen LogP contribution in [0.3, 0.4) is 0 Å². The number of amides is 1. The number of benzene rings is 2. The molecule has 1 aliphatic heterocycles. The zero-order chi connectivity index (χ0) is 23.5. The Morgan fingerprint density at radius 2 is 1.75 bits per heavy atom. The van der Waals surface area contributed by atoms with Gasteiger partial charge < -0.3 is 10.1 Å². The normalized spacial score (nSPS) is 17.0. The molecule has 1 aliphatic rings. The average Bonchev–Trinajstić information content (AvgIpc) is 2.75. The molecule has 1 amide bonds. The van der Waals surface area contributed by atoms with E-state index in [2.05, 4.69) is 5.32 Å². The predicted octanol–water partition coefficient (Wildman–Crippen LogP) is 4.12. The maximum Gasteiger partial charge on any atom is 0.243 e. The van der Waals surface area contributed by atoms with Gasteiger partial charge in [-0.25, -0.2) is 17.2 Å². The first-order valence-electron chi connectivity index (χ1n) is 10.2. The van der Waals surface area contributed by atoms with Crippen molar-refractivity contribution in [1.29, 1.82) is 0 Å². The molecule has 0 aromatic heterocycles. The van der Waals surface area contributed by atoms with Crippen LogP contribution in [0.4, 0.5) is 14.5 Å². The van der Waals surface area contributed by atoms with Crippen LogP contribution in [0, 0.1) is 18.6 Å². The summed E-state index contributed by atoms with van der Waals surface area (Å²) in [6.45, 7) is 6.19. The van der Waals surface area contributed by atoms with Crippen molar-refractivity contribution in [2.24, 2.45) is 0 Å². The number of anilines is 1. The number of morpholine rings is 1. The molecule has 2 unspecified atom stereocenters. The summed E-state index contributed by atoms with van der Waals surface area (Å²) in [5, 5.41) is 1.49. The van der Waals surface area contributed by atoms with Gasteiger partial charge in [0.25, 0.3) is 0 Å². The molecule has 6 nitrogen and oxygen atoms in total. The van der Waals surface area contributed by atoms with E-state index >= 15 is 0 Å². The van der Waals surface area contributed by atoms with Gasteiger partial charge in [0.05, 0.1) is 23.4 Å². The lowest BCUT2D eigenvalue weighted by atomic mass is 10.1. The Balaban J connectivity index is 1.73. The first kappa shape index (κ1) is 24.6. The first-order chi connectivity index (χ1) is 15.1. The molecule has 1 N–H and O–H groups in total. The van der Waals surface area contributed by atoms with Gasteiger partial charge in [0.15, 0.2) is 0 Å². The molecule has 2 aromatic rings. The third-order valence-electron chi connectivity index (χ3n) is 5.23. The van der Waals surface area contributed by atoms with Gasteiger partial charge in [0.1, 0.15) is 11.6 Å². The molecule has 2 aromatic carbocycles. The van der Waals surface area contributed by atoms with Gasteiger partial charge in [-0.15, -0.1) is 11.8 Å². The molecule has 10 heteroatoms. The van der Waals surface area contributed by atoms with Crippen molar-refractivity contribution in [1.82, 2.24) is 4.31 Å². The summed E-state index contributed by atoms with van der Waals surface area (Å²) in [6.07, 6.45) is 0. The maximum atomic E-state index is 14.0. The number of thioether (sulfide) groups is 1. The largest absolute Gasteiger partial charge is 0.379 e. The Bertz CT molecular complexity index is 1070. The SMILES string of the molecule is Cc1ccc(NC(=O)C(C)SC(C)c2c(F)cccc2F)cc1S(=O)(=O)N1CCOCC1. The van der Waals surface area contributed by atoms with Crippen molar-refractivity contribution in [2.75, 3.05) is 31.6 Å². The maximum absolute atomic E-state index is 14.0. The molecule has 0 bridgehead atoms. The molecule has 0 radical (unpaired) electrons. The number of nitrogens with zero attached hydrogens (tertiary/aromatic N) is 1. The van der Waals surface area contributed by atoms with E-state index in [0.717, 1.165) is 11.8 Å². The molecule has 32 heavy (non-hydrogen) atoms. The van der Waals surface area contributed by atoms with Crippen LogP contribution >= 0.6 is 11.8 Å². The standard InChI is InChI=1S/C22H26F2N2O4S2/c1-14-7-8-17(13-20(14)32(28,29)26-9-11-30-12-10-26)25-22(27)16(3)31-15(2)21-18(23)5-4-6-19(21)24/h4-8,13,15-16H,9-12H2,1-3H3,(H,25,27). The van der Waals surface area contributed by atoms with E-state index in [1.165, 1.54) is 28.6 Å². The van der Waals surface area contributed by atoms with E-state index in [9.17, 15) is 22.0 Å². The lowest BCUT2D eigenvalue weighted by Crippen LogP contribution is -2.40. The molecule has 1 fully saturated rings. The third-order valence-corrected chi connectivity index (χ3v) is 8.53. The summed E-state index contributed by atoms with van der Waals surface area (Å²) in [5.41, 5.74) is 0.830. The summed E-state index contributed by atoms with van der Waals surface area (Å²) in [6, 6.07) is 8.36. The van der Waals surface area contributed by atoms with Gasteiger partial charge in [-0.3, -0.25) is 4.79 Å². The van der Waals surface area contributed by atoms with Gasteiger partial charge in [-0.05, 0) is 50.6 Å². The number of carbonyl (C=O) groups excluding carboxylic acids is 1. The van der Waals surface area contributed by atoms with Crippen molar-refractivity contribution >= 4 is 33.4 Å². The van der Waals surface area contributed by atoms with Crippen LogP contribution in [0.2, 0.25) is 0 Å². The highest BCUT2D eigenvalue weighted by atomic mass is 32.2. The second-order valence-electron chi connectivity index (χ2n) is 7.54. The number of halogens is 2. The number of nitrogens with one attached hydrogen (secondary N) is 1. The summed E-state index contributed by atoms with van der Waals surface area (Å²) >= 11 is 1.11. The Labute approximate surface area is 191 Å². The van der Waals surface area contributed by atoms with Crippen molar-refractivity contribution in [3.05, 3.63) is 59.2 Å². The smallest absolute Gasteiger partial charge is 0.243 e. The van der Waals surface area contributed by atoms with Gasteiger partial charge >= 0.3 is 0 Å². The van der Waals surface area contributed by atoms with Crippen LogP contribution < -0.4 is 5.32 Å². The molecule has 2 atom stereocenters. The molecular formula is C22H26F2N2O4S2. The number of carbonyl (C=O) groups is 1. The second-order valence-corrected chi connectivity index (χ2v) is 11.1. The van der Waals surface area contributed by atoms with Crippen molar-refractivity contribution in [3.8, 4) is 0 Å². The monoisotopic (exact) mass is 484 g/mol. The van der Waals surface area contributed by atoms with Crippen LogP contribution in [0.15, 0.2) is 41.3 Å². The summed E-state index contributed by atoms with van der Waals surface area (Å²) < 4.78 is 60.7. The zero-order valence-electron chi connectivity index (χ0n) is 18.1.